The van der Waals surface area contributed by atoms with Gasteiger partial charge in [0.25, 0.3) is 5.91 Å². The maximum atomic E-state index is 13.0. The molecular weight excluding hydrogens is 331 g/mol. The smallest absolute Gasteiger partial charge is 0.273 e. The van der Waals surface area contributed by atoms with Crippen LogP contribution in [0, 0.1) is 5.82 Å². The first-order valence-corrected chi connectivity index (χ1v) is 8.43. The molecule has 0 N–H and O–H groups in total. The van der Waals surface area contributed by atoms with Gasteiger partial charge < -0.3 is 4.90 Å². The molecule has 0 radical (unpaired) electrons. The highest BCUT2D eigenvalue weighted by Gasteiger charge is 2.26. The molecule has 0 saturated carbocycles. The molecule has 128 valence electrons. The van der Waals surface area contributed by atoms with Gasteiger partial charge >= 0.3 is 0 Å². The molecular formula is C17H20ClFN4O. The number of nitrogens with zero attached hydrogens (tertiary/aromatic N) is 4. The quantitative estimate of drug-likeness (QED) is 0.851. The molecule has 5 nitrogen and oxygen atoms in total. The fraction of sp³-hybridized carbons (Fsp3) is 0.412. The van der Waals surface area contributed by atoms with Crippen LogP contribution < -0.4 is 0 Å². The van der Waals surface area contributed by atoms with Crippen molar-refractivity contribution in [3.05, 3.63) is 52.6 Å². The number of halogens is 2. The lowest BCUT2D eigenvalue weighted by atomic mass is 10.2. The summed E-state index contributed by atoms with van der Waals surface area (Å²) in [6.45, 7) is 6.15. The first kappa shape index (κ1) is 16.9. The normalized spacial score (nSPS) is 15.7. The van der Waals surface area contributed by atoms with E-state index in [1.165, 1.54) is 18.3 Å². The molecule has 3 rings (SSSR count). The lowest BCUT2D eigenvalue weighted by Gasteiger charge is -2.34. The van der Waals surface area contributed by atoms with Gasteiger partial charge in [0.05, 0.1) is 11.2 Å². The van der Waals surface area contributed by atoms with Crippen molar-refractivity contribution in [2.75, 3.05) is 26.2 Å². The lowest BCUT2D eigenvalue weighted by Crippen LogP contribution is -2.48. The van der Waals surface area contributed by atoms with Crippen LogP contribution in [-0.4, -0.2) is 51.7 Å². The number of piperazine rings is 1. The van der Waals surface area contributed by atoms with Crippen LogP contribution in [0.1, 0.15) is 23.0 Å². The molecule has 0 bridgehead atoms. The zero-order chi connectivity index (χ0) is 17.1. The summed E-state index contributed by atoms with van der Waals surface area (Å²) in [5, 5.41) is 4.52. The van der Waals surface area contributed by atoms with Gasteiger partial charge in [0.1, 0.15) is 11.5 Å². The topological polar surface area (TPSA) is 41.4 Å². The van der Waals surface area contributed by atoms with Crippen molar-refractivity contribution in [1.29, 1.82) is 0 Å². The second-order valence-corrected chi connectivity index (χ2v) is 6.26. The van der Waals surface area contributed by atoms with E-state index in [-0.39, 0.29) is 11.7 Å². The number of aromatic nitrogens is 2. The van der Waals surface area contributed by atoms with Gasteiger partial charge in [-0.1, -0.05) is 23.7 Å². The molecule has 1 fully saturated rings. The average molecular weight is 351 g/mol. The first-order chi connectivity index (χ1) is 11.6. The number of amides is 1. The molecule has 7 heteroatoms. The number of carbonyl (C=O) groups excluding carboxylic acids is 1. The van der Waals surface area contributed by atoms with E-state index in [1.54, 1.807) is 16.8 Å². The highest BCUT2D eigenvalue weighted by atomic mass is 35.5. The second kappa shape index (κ2) is 7.32. The third kappa shape index (κ3) is 3.60. The lowest BCUT2D eigenvalue weighted by molar-refractivity contribution is 0.0616. The summed E-state index contributed by atoms with van der Waals surface area (Å²) in [5.74, 6) is -0.292. The number of rotatable bonds is 4. The van der Waals surface area contributed by atoms with Crippen molar-refractivity contribution in [3.63, 3.8) is 0 Å². The number of hydrogen-bond donors (Lipinski definition) is 0. The monoisotopic (exact) mass is 350 g/mol. The van der Waals surface area contributed by atoms with Crippen LogP contribution in [0.2, 0.25) is 5.02 Å². The minimum Gasteiger partial charge on any atom is -0.335 e. The number of aryl methyl sites for hydroxylation is 1. The van der Waals surface area contributed by atoms with Crippen LogP contribution in [0.4, 0.5) is 4.39 Å². The fourth-order valence-corrected chi connectivity index (χ4v) is 3.14. The standard InChI is InChI=1S/C17H20ClFN4O/c1-2-23-16(15(18)11-20-23)17(24)22-9-7-21(8-10-22)12-13-3-5-14(19)6-4-13/h3-6,11H,2,7-10,12H2,1H3. The van der Waals surface area contributed by atoms with Gasteiger partial charge in [0, 0.05) is 39.3 Å². The van der Waals surface area contributed by atoms with E-state index in [1.807, 2.05) is 11.8 Å². The van der Waals surface area contributed by atoms with E-state index >= 15 is 0 Å². The summed E-state index contributed by atoms with van der Waals surface area (Å²) < 4.78 is 14.6. The van der Waals surface area contributed by atoms with Crippen molar-refractivity contribution in [3.8, 4) is 0 Å². The third-order valence-corrected chi connectivity index (χ3v) is 4.55. The minimum atomic E-state index is -0.224. The Kier molecular flexibility index (Phi) is 5.16. The van der Waals surface area contributed by atoms with Crippen molar-refractivity contribution in [2.45, 2.75) is 20.0 Å². The highest BCUT2D eigenvalue weighted by molar-refractivity contribution is 6.33. The zero-order valence-electron chi connectivity index (χ0n) is 13.6. The Bertz CT molecular complexity index is 708. The van der Waals surface area contributed by atoms with E-state index in [0.29, 0.717) is 30.4 Å². The number of hydrogen-bond acceptors (Lipinski definition) is 3. The number of benzene rings is 1. The summed E-state index contributed by atoms with van der Waals surface area (Å²) >= 11 is 6.11. The molecule has 1 aliphatic heterocycles. The summed E-state index contributed by atoms with van der Waals surface area (Å²) in [7, 11) is 0. The Morgan fingerprint density at radius 2 is 1.88 bits per heavy atom. The Labute approximate surface area is 145 Å². The molecule has 1 amide bonds. The second-order valence-electron chi connectivity index (χ2n) is 5.85. The van der Waals surface area contributed by atoms with Crippen molar-refractivity contribution >= 4 is 17.5 Å². The third-order valence-electron chi connectivity index (χ3n) is 4.28. The SMILES string of the molecule is CCn1ncc(Cl)c1C(=O)N1CCN(Cc2ccc(F)cc2)CC1. The van der Waals surface area contributed by atoms with Crippen molar-refractivity contribution in [1.82, 2.24) is 19.6 Å². The summed E-state index contributed by atoms with van der Waals surface area (Å²) in [4.78, 5) is 16.8. The van der Waals surface area contributed by atoms with E-state index in [4.69, 9.17) is 11.6 Å². The van der Waals surface area contributed by atoms with E-state index in [2.05, 4.69) is 10.00 Å². The molecule has 0 spiro atoms. The van der Waals surface area contributed by atoms with Crippen LogP contribution in [0.5, 0.6) is 0 Å². The summed E-state index contributed by atoms with van der Waals surface area (Å²) in [6, 6.07) is 6.55. The molecule has 1 aliphatic rings. The Morgan fingerprint density at radius 1 is 1.21 bits per heavy atom. The summed E-state index contributed by atoms with van der Waals surface area (Å²) in [6.07, 6.45) is 1.52. The maximum absolute atomic E-state index is 13.0. The van der Waals surface area contributed by atoms with Gasteiger partial charge in [-0.05, 0) is 24.6 Å². The van der Waals surface area contributed by atoms with Crippen LogP contribution in [-0.2, 0) is 13.1 Å². The van der Waals surface area contributed by atoms with Crippen LogP contribution >= 0.6 is 11.6 Å². The van der Waals surface area contributed by atoms with Gasteiger partial charge in [-0.3, -0.25) is 14.4 Å². The van der Waals surface area contributed by atoms with Gasteiger partial charge in [0.2, 0.25) is 0 Å². The molecule has 1 aromatic carbocycles. The van der Waals surface area contributed by atoms with E-state index in [9.17, 15) is 9.18 Å². The highest BCUT2D eigenvalue weighted by Crippen LogP contribution is 2.19. The van der Waals surface area contributed by atoms with E-state index < -0.39 is 0 Å². The van der Waals surface area contributed by atoms with Crippen LogP contribution in [0.3, 0.4) is 0 Å². The number of carbonyl (C=O) groups is 1. The molecule has 0 unspecified atom stereocenters. The molecule has 1 saturated heterocycles. The van der Waals surface area contributed by atoms with Crippen molar-refractivity contribution < 1.29 is 9.18 Å². The molecule has 2 aromatic rings. The average Bonchev–Trinajstić information content (AvgIpc) is 2.98. The van der Waals surface area contributed by atoms with Gasteiger partial charge in [0.15, 0.2) is 0 Å². The van der Waals surface area contributed by atoms with Gasteiger partial charge in [-0.15, -0.1) is 0 Å². The minimum absolute atomic E-state index is 0.0687. The Balaban J connectivity index is 1.59. The van der Waals surface area contributed by atoms with E-state index in [0.717, 1.165) is 25.2 Å². The fourth-order valence-electron chi connectivity index (χ4n) is 2.92. The molecule has 0 aliphatic carbocycles. The molecule has 0 atom stereocenters. The maximum Gasteiger partial charge on any atom is 0.273 e. The Morgan fingerprint density at radius 3 is 2.50 bits per heavy atom. The van der Waals surface area contributed by atoms with Gasteiger partial charge in [-0.2, -0.15) is 5.10 Å². The first-order valence-electron chi connectivity index (χ1n) is 8.06. The largest absolute Gasteiger partial charge is 0.335 e. The molecule has 2 heterocycles. The van der Waals surface area contributed by atoms with Crippen LogP contribution in [0.25, 0.3) is 0 Å². The molecule has 24 heavy (non-hydrogen) atoms. The van der Waals surface area contributed by atoms with Crippen LogP contribution in [0.15, 0.2) is 30.5 Å². The molecule has 1 aromatic heterocycles. The summed E-state index contributed by atoms with van der Waals surface area (Å²) in [5.41, 5.74) is 1.54. The van der Waals surface area contributed by atoms with Crippen molar-refractivity contribution in [2.24, 2.45) is 0 Å². The predicted molar refractivity (Wildman–Crippen MR) is 90.5 cm³/mol. The predicted octanol–water partition coefficient (Wildman–Crippen LogP) is 2.65. The zero-order valence-corrected chi connectivity index (χ0v) is 14.3. The van der Waals surface area contributed by atoms with Gasteiger partial charge in [-0.25, -0.2) is 4.39 Å². The Hall–Kier alpha value is -1.92.